The Morgan fingerprint density at radius 2 is 1.83 bits per heavy atom. The van der Waals surface area contributed by atoms with Crippen molar-refractivity contribution in [2.45, 2.75) is 18.7 Å². The zero-order valence-electron chi connectivity index (χ0n) is 13.3. The van der Waals surface area contributed by atoms with Gasteiger partial charge in [0.25, 0.3) is 15.9 Å². The van der Waals surface area contributed by atoms with E-state index in [9.17, 15) is 13.2 Å². The number of hydrogen-bond donors (Lipinski definition) is 1. The lowest BCUT2D eigenvalue weighted by atomic mass is 10.2. The van der Waals surface area contributed by atoms with Gasteiger partial charge in [-0.2, -0.15) is 0 Å². The van der Waals surface area contributed by atoms with Gasteiger partial charge in [0.05, 0.1) is 17.6 Å². The highest BCUT2D eigenvalue weighted by molar-refractivity contribution is 7.89. The van der Waals surface area contributed by atoms with E-state index in [0.29, 0.717) is 22.8 Å². The number of carbonyl (C=O) groups is 1. The summed E-state index contributed by atoms with van der Waals surface area (Å²) in [7, 11) is -1.14. The molecule has 0 saturated carbocycles. The zero-order valence-corrected chi connectivity index (χ0v) is 14.1. The van der Waals surface area contributed by atoms with Crippen LogP contribution in [0.1, 0.15) is 21.9 Å². The largest absolute Gasteiger partial charge is 0.466 e. The second-order valence-electron chi connectivity index (χ2n) is 4.90. The third kappa shape index (κ3) is 3.61. The van der Waals surface area contributed by atoms with Gasteiger partial charge in [-0.25, -0.2) is 8.42 Å². The number of rotatable bonds is 5. The zero-order chi connectivity index (χ0) is 17.2. The van der Waals surface area contributed by atoms with Crippen molar-refractivity contribution in [3.8, 4) is 0 Å². The van der Waals surface area contributed by atoms with E-state index in [1.165, 1.54) is 38.4 Å². The van der Waals surface area contributed by atoms with Gasteiger partial charge in [0.2, 0.25) is 0 Å². The van der Waals surface area contributed by atoms with E-state index in [0.717, 1.165) is 4.47 Å². The minimum atomic E-state index is -3.71. The van der Waals surface area contributed by atoms with E-state index in [-0.39, 0.29) is 10.8 Å². The van der Waals surface area contributed by atoms with E-state index in [1.807, 2.05) is 0 Å². The molecule has 1 aromatic heterocycles. The van der Waals surface area contributed by atoms with Gasteiger partial charge in [-0.05, 0) is 44.2 Å². The van der Waals surface area contributed by atoms with Crippen molar-refractivity contribution in [2.24, 2.45) is 0 Å². The Hall–Kier alpha value is -2.16. The first-order valence-corrected chi connectivity index (χ1v) is 8.21. The number of nitrogens with zero attached hydrogens (tertiary/aromatic N) is 1. The number of hydrogen-bond acceptors (Lipinski definition) is 5. The summed E-state index contributed by atoms with van der Waals surface area (Å²) in [6.45, 7) is 3.47. The molecule has 1 aromatic carbocycles. The standard InChI is InChI=1S/C15H18N2O5S/c1-10-9-14(11(2)22-10)15(18)16-12-5-7-13(8-6-12)23(19,20)17(3)21-4/h5-9H,1-4H3,(H,16,18). The van der Waals surface area contributed by atoms with Crippen molar-refractivity contribution in [3.05, 3.63) is 47.4 Å². The number of anilines is 1. The molecule has 7 nitrogen and oxygen atoms in total. The van der Waals surface area contributed by atoms with E-state index < -0.39 is 10.0 Å². The van der Waals surface area contributed by atoms with Crippen molar-refractivity contribution in [3.63, 3.8) is 0 Å². The molecule has 0 spiro atoms. The van der Waals surface area contributed by atoms with E-state index in [4.69, 9.17) is 9.25 Å². The van der Waals surface area contributed by atoms with Crippen LogP contribution in [0.4, 0.5) is 5.69 Å². The van der Waals surface area contributed by atoms with Crippen LogP contribution in [-0.4, -0.2) is 33.0 Å². The van der Waals surface area contributed by atoms with Crippen molar-refractivity contribution >= 4 is 21.6 Å². The Labute approximate surface area is 134 Å². The molecule has 1 N–H and O–H groups in total. The van der Waals surface area contributed by atoms with Gasteiger partial charge >= 0.3 is 0 Å². The molecular weight excluding hydrogens is 320 g/mol. The summed E-state index contributed by atoms with van der Waals surface area (Å²) in [5, 5.41) is 2.70. The SMILES string of the molecule is CON(C)S(=O)(=O)c1ccc(NC(=O)c2cc(C)oc2C)cc1. The second-order valence-corrected chi connectivity index (χ2v) is 6.84. The third-order valence-electron chi connectivity index (χ3n) is 3.29. The maximum absolute atomic E-state index is 12.2. The van der Waals surface area contributed by atoms with Crippen LogP contribution in [-0.2, 0) is 14.9 Å². The molecule has 2 rings (SSSR count). The topological polar surface area (TPSA) is 88.9 Å². The predicted octanol–water partition coefficient (Wildman–Crippen LogP) is 2.33. The molecule has 0 atom stereocenters. The molecule has 0 unspecified atom stereocenters. The second kappa shape index (κ2) is 6.53. The minimum Gasteiger partial charge on any atom is -0.466 e. The number of furan rings is 1. The highest BCUT2D eigenvalue weighted by Crippen LogP contribution is 2.19. The van der Waals surface area contributed by atoms with Crippen molar-refractivity contribution < 1.29 is 22.5 Å². The number of amides is 1. The van der Waals surface area contributed by atoms with Crippen LogP contribution in [0.5, 0.6) is 0 Å². The lowest BCUT2D eigenvalue weighted by Gasteiger charge is -2.14. The van der Waals surface area contributed by atoms with Crippen molar-refractivity contribution in [1.82, 2.24) is 4.47 Å². The monoisotopic (exact) mass is 338 g/mol. The Balaban J connectivity index is 2.18. The maximum Gasteiger partial charge on any atom is 0.264 e. The molecule has 1 heterocycles. The number of carbonyl (C=O) groups excluding carboxylic acids is 1. The third-order valence-corrected chi connectivity index (χ3v) is 4.99. The molecule has 0 fully saturated rings. The Kier molecular flexibility index (Phi) is 4.88. The van der Waals surface area contributed by atoms with Crippen LogP contribution in [0.3, 0.4) is 0 Å². The Morgan fingerprint density at radius 1 is 1.22 bits per heavy atom. The van der Waals surface area contributed by atoms with E-state index in [2.05, 4.69) is 5.32 Å². The molecule has 23 heavy (non-hydrogen) atoms. The van der Waals surface area contributed by atoms with E-state index in [1.54, 1.807) is 19.9 Å². The van der Waals surface area contributed by atoms with Crippen LogP contribution in [0.25, 0.3) is 0 Å². The fraction of sp³-hybridized carbons (Fsp3) is 0.267. The Bertz CT molecular complexity index is 809. The molecule has 0 aliphatic heterocycles. The van der Waals surface area contributed by atoms with Crippen molar-refractivity contribution in [1.29, 1.82) is 0 Å². The molecule has 0 aliphatic carbocycles. The first-order chi connectivity index (χ1) is 10.8. The van der Waals surface area contributed by atoms with Gasteiger partial charge in [-0.3, -0.25) is 9.63 Å². The van der Waals surface area contributed by atoms with Gasteiger partial charge in [0.15, 0.2) is 0 Å². The normalized spacial score (nSPS) is 11.7. The summed E-state index contributed by atoms with van der Waals surface area (Å²) in [6.07, 6.45) is 0. The number of hydroxylamine groups is 1. The quantitative estimate of drug-likeness (QED) is 0.845. The predicted molar refractivity (Wildman–Crippen MR) is 84.5 cm³/mol. The number of nitrogens with one attached hydrogen (secondary N) is 1. The molecule has 1 amide bonds. The van der Waals surface area contributed by atoms with Crippen LogP contribution in [0.2, 0.25) is 0 Å². The summed E-state index contributed by atoms with van der Waals surface area (Å²) in [5.41, 5.74) is 0.922. The summed E-state index contributed by atoms with van der Waals surface area (Å²) in [5.74, 6) is 0.863. The van der Waals surface area contributed by atoms with Gasteiger partial charge in [0, 0.05) is 12.7 Å². The summed E-state index contributed by atoms with van der Waals surface area (Å²) in [6, 6.07) is 7.46. The number of benzene rings is 1. The fourth-order valence-corrected chi connectivity index (χ4v) is 2.98. The van der Waals surface area contributed by atoms with Crippen LogP contribution in [0, 0.1) is 13.8 Å². The lowest BCUT2D eigenvalue weighted by molar-refractivity contribution is -0.0258. The molecule has 2 aromatic rings. The van der Waals surface area contributed by atoms with Gasteiger partial charge in [0.1, 0.15) is 11.5 Å². The van der Waals surface area contributed by atoms with Crippen LogP contribution >= 0.6 is 0 Å². The molecule has 8 heteroatoms. The molecule has 0 bridgehead atoms. The summed E-state index contributed by atoms with van der Waals surface area (Å²) in [4.78, 5) is 16.9. The molecule has 124 valence electrons. The van der Waals surface area contributed by atoms with Gasteiger partial charge in [-0.15, -0.1) is 0 Å². The average molecular weight is 338 g/mol. The molecular formula is C15H18N2O5S. The first kappa shape index (κ1) is 17.2. The van der Waals surface area contributed by atoms with Crippen LogP contribution < -0.4 is 5.32 Å². The molecule has 0 aliphatic rings. The molecule has 0 radical (unpaired) electrons. The van der Waals surface area contributed by atoms with Gasteiger partial charge < -0.3 is 9.73 Å². The number of aryl methyl sites for hydroxylation is 2. The fourth-order valence-electron chi connectivity index (χ4n) is 2.01. The molecule has 0 saturated heterocycles. The Morgan fingerprint density at radius 3 is 2.30 bits per heavy atom. The smallest absolute Gasteiger partial charge is 0.264 e. The minimum absolute atomic E-state index is 0.0650. The summed E-state index contributed by atoms with van der Waals surface area (Å²) >= 11 is 0. The lowest BCUT2D eigenvalue weighted by Crippen LogP contribution is -2.25. The highest BCUT2D eigenvalue weighted by atomic mass is 32.2. The number of sulfonamides is 1. The first-order valence-electron chi connectivity index (χ1n) is 6.77. The van der Waals surface area contributed by atoms with Crippen LogP contribution in [0.15, 0.2) is 39.6 Å². The maximum atomic E-state index is 12.2. The van der Waals surface area contributed by atoms with Crippen molar-refractivity contribution in [2.75, 3.05) is 19.5 Å². The van der Waals surface area contributed by atoms with E-state index >= 15 is 0 Å². The average Bonchev–Trinajstić information content (AvgIpc) is 2.85. The van der Waals surface area contributed by atoms with Gasteiger partial charge in [-0.1, -0.05) is 4.47 Å². The highest BCUT2D eigenvalue weighted by Gasteiger charge is 2.20. The summed E-state index contributed by atoms with van der Waals surface area (Å²) < 4.78 is 30.2.